The molecule has 0 radical (unpaired) electrons. The highest BCUT2D eigenvalue weighted by atomic mass is 35.5. The minimum absolute atomic E-state index is 0.147. The topological polar surface area (TPSA) is 79.8 Å². The Morgan fingerprint density at radius 3 is 2.68 bits per heavy atom. The van der Waals surface area contributed by atoms with E-state index in [1.807, 2.05) is 19.1 Å². The van der Waals surface area contributed by atoms with Crippen LogP contribution in [0.2, 0.25) is 5.02 Å². The van der Waals surface area contributed by atoms with Gasteiger partial charge in [-0.2, -0.15) is 0 Å². The van der Waals surface area contributed by atoms with E-state index in [0.29, 0.717) is 42.0 Å². The van der Waals surface area contributed by atoms with Crippen molar-refractivity contribution in [2.24, 2.45) is 0 Å². The number of thiazole rings is 1. The van der Waals surface area contributed by atoms with E-state index in [9.17, 15) is 13.2 Å². The monoisotopic (exact) mass is 521 g/mol. The second kappa shape index (κ2) is 10.3. The van der Waals surface area contributed by atoms with Gasteiger partial charge in [0.25, 0.3) is 5.91 Å². The van der Waals surface area contributed by atoms with E-state index in [-0.39, 0.29) is 10.8 Å². The van der Waals surface area contributed by atoms with Crippen molar-refractivity contribution in [3.63, 3.8) is 0 Å². The number of aryl methyl sites for hydroxylation is 1. The number of anilines is 1. The van der Waals surface area contributed by atoms with Gasteiger partial charge in [-0.3, -0.25) is 14.6 Å². The molecule has 0 unspecified atom stereocenters. The van der Waals surface area contributed by atoms with Crippen LogP contribution in [0.5, 0.6) is 0 Å². The molecular weight excluding hydrogens is 494 g/mol. The zero-order valence-corrected chi connectivity index (χ0v) is 21.8. The third kappa shape index (κ3) is 5.28. The van der Waals surface area contributed by atoms with Crippen molar-refractivity contribution in [3.8, 4) is 0 Å². The summed E-state index contributed by atoms with van der Waals surface area (Å²) in [7, 11) is -3.50. The summed E-state index contributed by atoms with van der Waals surface area (Å²) >= 11 is 7.65. The van der Waals surface area contributed by atoms with E-state index in [4.69, 9.17) is 21.3 Å². The summed E-state index contributed by atoms with van der Waals surface area (Å²) in [4.78, 5) is 22.5. The predicted octanol–water partition coefficient (Wildman–Crippen LogP) is 4.42. The van der Waals surface area contributed by atoms with Gasteiger partial charge in [0.1, 0.15) is 0 Å². The van der Waals surface area contributed by atoms with Crippen molar-refractivity contribution in [2.75, 3.05) is 44.3 Å². The van der Waals surface area contributed by atoms with E-state index in [1.165, 1.54) is 23.5 Å². The molecule has 0 bridgehead atoms. The molecule has 1 aliphatic rings. The van der Waals surface area contributed by atoms with Gasteiger partial charge in [0.05, 0.1) is 33.6 Å². The molecule has 34 heavy (non-hydrogen) atoms. The fourth-order valence-corrected chi connectivity index (χ4v) is 6.39. The zero-order chi connectivity index (χ0) is 24.5. The Bertz CT molecular complexity index is 1300. The SMILES string of the molecule is Cc1cc(Cl)cc2sc(N(CCN3CCOCC3)C(=O)c3cccc(S(=O)(=O)C(C)C)c3)nc12. The molecule has 182 valence electrons. The van der Waals surface area contributed by atoms with Gasteiger partial charge < -0.3 is 4.74 Å². The van der Waals surface area contributed by atoms with Crippen molar-refractivity contribution >= 4 is 54.0 Å². The van der Waals surface area contributed by atoms with Crippen LogP contribution in [0.4, 0.5) is 5.13 Å². The van der Waals surface area contributed by atoms with Crippen molar-refractivity contribution in [3.05, 3.63) is 52.5 Å². The maximum atomic E-state index is 13.7. The first-order chi connectivity index (χ1) is 16.2. The number of fused-ring (bicyclic) bond motifs is 1. The molecule has 7 nitrogen and oxygen atoms in total. The summed E-state index contributed by atoms with van der Waals surface area (Å²) < 4.78 is 31.7. The number of carbonyl (C=O) groups is 1. The average molecular weight is 522 g/mol. The molecule has 1 aromatic heterocycles. The first kappa shape index (κ1) is 25.1. The number of ether oxygens (including phenoxy) is 1. The van der Waals surface area contributed by atoms with Gasteiger partial charge in [-0.25, -0.2) is 13.4 Å². The van der Waals surface area contributed by atoms with Crippen LogP contribution in [0.15, 0.2) is 41.3 Å². The smallest absolute Gasteiger partial charge is 0.260 e. The highest BCUT2D eigenvalue weighted by Crippen LogP contribution is 2.34. The Balaban J connectivity index is 1.71. The Morgan fingerprint density at radius 1 is 1.24 bits per heavy atom. The Morgan fingerprint density at radius 2 is 1.97 bits per heavy atom. The number of sulfone groups is 1. The summed E-state index contributed by atoms with van der Waals surface area (Å²) in [6.07, 6.45) is 0. The second-order valence-corrected chi connectivity index (χ2v) is 12.5. The van der Waals surface area contributed by atoms with Crippen LogP contribution < -0.4 is 4.90 Å². The summed E-state index contributed by atoms with van der Waals surface area (Å²) in [6, 6.07) is 9.98. The fraction of sp³-hybridized carbons (Fsp3) is 0.417. The summed E-state index contributed by atoms with van der Waals surface area (Å²) in [6.45, 7) is 9.24. The van der Waals surface area contributed by atoms with Gasteiger partial charge in [-0.1, -0.05) is 29.0 Å². The van der Waals surface area contributed by atoms with E-state index in [0.717, 1.165) is 28.9 Å². The number of aromatic nitrogens is 1. The highest BCUT2D eigenvalue weighted by molar-refractivity contribution is 7.92. The molecule has 0 spiro atoms. The second-order valence-electron chi connectivity index (χ2n) is 8.60. The predicted molar refractivity (Wildman–Crippen MR) is 137 cm³/mol. The number of morpholine rings is 1. The molecule has 2 aromatic carbocycles. The lowest BCUT2D eigenvalue weighted by Crippen LogP contribution is -2.43. The first-order valence-corrected chi connectivity index (χ1v) is 13.9. The molecule has 3 aromatic rings. The lowest BCUT2D eigenvalue weighted by Gasteiger charge is -2.29. The molecule has 1 fully saturated rings. The van der Waals surface area contributed by atoms with Crippen molar-refractivity contribution in [1.82, 2.24) is 9.88 Å². The van der Waals surface area contributed by atoms with Crippen molar-refractivity contribution in [1.29, 1.82) is 0 Å². The fourth-order valence-electron chi connectivity index (χ4n) is 3.84. The number of carbonyl (C=O) groups excluding carboxylic acids is 1. The van der Waals surface area contributed by atoms with Crippen LogP contribution in [-0.4, -0.2) is 68.9 Å². The van der Waals surface area contributed by atoms with Crippen LogP contribution in [-0.2, 0) is 14.6 Å². The summed E-state index contributed by atoms with van der Waals surface area (Å²) in [5.41, 5.74) is 2.07. The highest BCUT2D eigenvalue weighted by Gasteiger charge is 2.26. The van der Waals surface area contributed by atoms with Crippen LogP contribution in [0.1, 0.15) is 29.8 Å². The number of hydrogen-bond donors (Lipinski definition) is 0. The van der Waals surface area contributed by atoms with Crippen LogP contribution in [0.3, 0.4) is 0 Å². The molecule has 1 saturated heterocycles. The number of halogens is 1. The van der Waals surface area contributed by atoms with Crippen molar-refractivity contribution < 1.29 is 17.9 Å². The molecule has 0 N–H and O–H groups in total. The van der Waals surface area contributed by atoms with Crippen LogP contribution in [0, 0.1) is 6.92 Å². The number of nitrogens with zero attached hydrogens (tertiary/aromatic N) is 3. The molecule has 4 rings (SSSR count). The number of benzene rings is 2. The van der Waals surface area contributed by atoms with Gasteiger partial charge in [0.2, 0.25) is 0 Å². The average Bonchev–Trinajstić information content (AvgIpc) is 3.24. The summed E-state index contributed by atoms with van der Waals surface area (Å²) in [5, 5.41) is 0.612. The molecule has 1 amide bonds. The number of rotatable bonds is 7. The van der Waals surface area contributed by atoms with Gasteiger partial charge >= 0.3 is 0 Å². The molecule has 2 heterocycles. The van der Waals surface area contributed by atoms with Gasteiger partial charge in [0.15, 0.2) is 15.0 Å². The Hall–Kier alpha value is -2.04. The third-order valence-corrected chi connectivity index (χ3v) is 9.28. The van der Waals surface area contributed by atoms with E-state index in [1.54, 1.807) is 30.9 Å². The van der Waals surface area contributed by atoms with E-state index >= 15 is 0 Å². The van der Waals surface area contributed by atoms with E-state index in [2.05, 4.69) is 4.90 Å². The van der Waals surface area contributed by atoms with Crippen LogP contribution >= 0.6 is 22.9 Å². The Labute approximate surface area is 209 Å². The van der Waals surface area contributed by atoms with Crippen LogP contribution in [0.25, 0.3) is 10.2 Å². The maximum absolute atomic E-state index is 13.7. The number of hydrogen-bond acceptors (Lipinski definition) is 7. The van der Waals surface area contributed by atoms with E-state index < -0.39 is 15.1 Å². The normalized spacial score (nSPS) is 15.2. The minimum atomic E-state index is -3.50. The molecule has 10 heteroatoms. The third-order valence-electron chi connectivity index (χ3n) is 5.89. The quantitative estimate of drug-likeness (QED) is 0.458. The lowest BCUT2D eigenvalue weighted by atomic mass is 10.2. The first-order valence-electron chi connectivity index (χ1n) is 11.2. The minimum Gasteiger partial charge on any atom is -0.379 e. The van der Waals surface area contributed by atoms with Gasteiger partial charge in [0, 0.05) is 36.8 Å². The maximum Gasteiger partial charge on any atom is 0.260 e. The molecule has 0 aliphatic carbocycles. The van der Waals surface area contributed by atoms with Gasteiger partial charge in [-0.15, -0.1) is 0 Å². The molecule has 0 atom stereocenters. The van der Waals surface area contributed by atoms with Crippen molar-refractivity contribution in [2.45, 2.75) is 30.9 Å². The lowest BCUT2D eigenvalue weighted by molar-refractivity contribution is 0.0391. The standard InChI is InChI=1S/C24H28ClN3O4S2/c1-16(2)34(30,31)20-6-4-5-18(14-20)23(29)28(8-7-27-9-11-32-12-10-27)24-26-22-17(3)13-19(25)15-21(22)33-24/h4-6,13-16H,7-12H2,1-3H3. The number of amides is 1. The van der Waals surface area contributed by atoms with Gasteiger partial charge in [-0.05, 0) is 56.7 Å². The molecule has 1 aliphatic heterocycles. The molecular formula is C24H28ClN3O4S2. The Kier molecular flexibility index (Phi) is 7.59. The zero-order valence-electron chi connectivity index (χ0n) is 19.5. The molecule has 0 saturated carbocycles. The summed E-state index contributed by atoms with van der Waals surface area (Å²) in [5.74, 6) is -0.281. The largest absolute Gasteiger partial charge is 0.379 e.